The Morgan fingerprint density at radius 2 is 1.53 bits per heavy atom. The van der Waals surface area contributed by atoms with Crippen molar-refractivity contribution in [1.82, 2.24) is 9.55 Å². The van der Waals surface area contributed by atoms with Crippen LogP contribution >= 0.6 is 8.60 Å². The van der Waals surface area contributed by atoms with Gasteiger partial charge < -0.3 is 29.5 Å². The molecule has 4 N–H and O–H groups in total. The molecule has 1 saturated heterocycles. The molecule has 43 heavy (non-hydrogen) atoms. The van der Waals surface area contributed by atoms with Crippen molar-refractivity contribution in [3.63, 3.8) is 0 Å². The highest BCUT2D eigenvalue weighted by Crippen LogP contribution is 2.43. The molecule has 2 rings (SSSR count). The van der Waals surface area contributed by atoms with E-state index in [1.165, 1.54) is 76.7 Å². The summed E-state index contributed by atoms with van der Waals surface area (Å²) in [6.07, 6.45) is 16.9. The first kappa shape index (κ1) is 39.3. The van der Waals surface area contributed by atoms with Crippen LogP contribution in [0.25, 0.3) is 0 Å². The van der Waals surface area contributed by atoms with Gasteiger partial charge >= 0.3 is 20.3 Å². The van der Waals surface area contributed by atoms with E-state index >= 15 is 0 Å². The largest absolute Gasteiger partial charge is 0.481 e. The van der Waals surface area contributed by atoms with Crippen molar-refractivity contribution in [3.05, 3.63) is 22.7 Å². The Labute approximate surface area is 256 Å². The van der Waals surface area contributed by atoms with Crippen molar-refractivity contribution in [3.8, 4) is 0 Å². The van der Waals surface area contributed by atoms with E-state index in [1.54, 1.807) is 0 Å². The molecular weight excluding hydrogens is 583 g/mol. The number of aliphatic carboxylic acids is 1. The summed E-state index contributed by atoms with van der Waals surface area (Å²) in [5.74, 6) is -4.01. The van der Waals surface area contributed by atoms with Gasteiger partial charge in [0, 0.05) is 19.0 Å². The number of carbonyl (C=O) groups is 1. The molecule has 0 aromatic carbocycles. The predicted molar refractivity (Wildman–Crippen MR) is 165 cm³/mol. The maximum atomic E-state index is 14.3. The third-order valence-corrected chi connectivity index (χ3v) is 7.87. The normalized spacial score (nSPS) is 18.3. The van der Waals surface area contributed by atoms with Crippen LogP contribution in [0, 0.1) is 0 Å². The molecule has 10 nitrogen and oxygen atoms in total. The van der Waals surface area contributed by atoms with Gasteiger partial charge in [0.25, 0.3) is 5.92 Å². The van der Waals surface area contributed by atoms with E-state index in [4.69, 9.17) is 24.6 Å². The molecule has 0 amide bonds. The number of anilines is 1. The molecular formula is C30H54F2N3O7P. The van der Waals surface area contributed by atoms with Gasteiger partial charge in [-0.05, 0) is 18.9 Å². The van der Waals surface area contributed by atoms with Gasteiger partial charge in [-0.3, -0.25) is 9.36 Å². The molecule has 250 valence electrons. The minimum absolute atomic E-state index is 0.0583. The highest BCUT2D eigenvalue weighted by Gasteiger charge is 2.52. The molecule has 0 saturated carbocycles. The quantitative estimate of drug-likeness (QED) is 0.0810. The van der Waals surface area contributed by atoms with Gasteiger partial charge in [0.2, 0.25) is 6.23 Å². The summed E-state index contributed by atoms with van der Waals surface area (Å²) < 4.78 is 44.9. The zero-order valence-corrected chi connectivity index (χ0v) is 27.0. The fourth-order valence-electron chi connectivity index (χ4n) is 4.68. The number of aromatic nitrogens is 2. The number of nitrogens with zero attached hydrogens (tertiary/aromatic N) is 2. The smallest absolute Gasteiger partial charge is 0.351 e. The number of unbranched alkanes of at least 4 members (excludes halogenated alkanes) is 14. The van der Waals surface area contributed by atoms with Crippen LogP contribution in [0.2, 0.25) is 0 Å². The summed E-state index contributed by atoms with van der Waals surface area (Å²) >= 11 is 0. The van der Waals surface area contributed by atoms with Gasteiger partial charge in [0.05, 0.1) is 19.3 Å². The highest BCUT2D eigenvalue weighted by atomic mass is 31.2. The maximum absolute atomic E-state index is 14.3. The number of rotatable bonds is 23. The van der Waals surface area contributed by atoms with Crippen LogP contribution in [0.4, 0.5) is 14.6 Å². The summed E-state index contributed by atoms with van der Waals surface area (Å²) in [5.41, 5.74) is 4.46. The maximum Gasteiger partial charge on any atom is 0.351 e. The minimum Gasteiger partial charge on any atom is -0.481 e. The first-order chi connectivity index (χ1) is 20.6. The molecule has 3 atom stereocenters. The SMILES string of the molecule is CCCCCCCCCCC(=O)O.CCCCCCCCCCOP(O)OCC1CC(F)(F)C(n2ccc(N)nc2=O)O1. The highest BCUT2D eigenvalue weighted by molar-refractivity contribution is 7.40. The number of nitrogens with two attached hydrogens (primary N) is 1. The molecule has 2 heterocycles. The van der Waals surface area contributed by atoms with Crippen molar-refractivity contribution in [2.24, 2.45) is 0 Å². The molecule has 0 bridgehead atoms. The second-order valence-corrected chi connectivity index (χ2v) is 12.1. The summed E-state index contributed by atoms with van der Waals surface area (Å²) in [6, 6.07) is 1.25. The lowest BCUT2D eigenvalue weighted by atomic mass is 10.1. The van der Waals surface area contributed by atoms with Crippen molar-refractivity contribution < 1.29 is 37.4 Å². The number of hydrogen-bond donors (Lipinski definition) is 3. The van der Waals surface area contributed by atoms with E-state index in [2.05, 4.69) is 18.8 Å². The van der Waals surface area contributed by atoms with E-state index in [0.717, 1.165) is 38.3 Å². The van der Waals surface area contributed by atoms with E-state index in [-0.39, 0.29) is 12.4 Å². The molecule has 1 aromatic rings. The molecule has 0 radical (unpaired) electrons. The van der Waals surface area contributed by atoms with E-state index < -0.39 is 44.9 Å². The van der Waals surface area contributed by atoms with Gasteiger partial charge in [-0.25, -0.2) is 13.6 Å². The number of hydrogen-bond acceptors (Lipinski definition) is 8. The summed E-state index contributed by atoms with van der Waals surface area (Å²) in [7, 11) is -2.16. The van der Waals surface area contributed by atoms with E-state index in [1.807, 2.05) is 0 Å². The molecule has 1 aliphatic rings. The van der Waals surface area contributed by atoms with Gasteiger partial charge in [0.1, 0.15) is 5.82 Å². The van der Waals surface area contributed by atoms with Crippen molar-refractivity contribution in [1.29, 1.82) is 0 Å². The lowest BCUT2D eigenvalue weighted by molar-refractivity contribution is -0.137. The van der Waals surface area contributed by atoms with Gasteiger partial charge in [0.15, 0.2) is 0 Å². The van der Waals surface area contributed by atoms with Crippen molar-refractivity contribution in [2.75, 3.05) is 18.9 Å². The fraction of sp³-hybridized carbons (Fsp3) is 0.833. The number of alkyl halides is 2. The molecule has 1 aromatic heterocycles. The van der Waals surface area contributed by atoms with Crippen LogP contribution in [0.15, 0.2) is 17.1 Å². The topological polar surface area (TPSA) is 146 Å². The molecule has 13 heteroatoms. The molecule has 1 fully saturated rings. The number of carboxylic acid groups (broad SMARTS) is 1. The third kappa shape index (κ3) is 18.6. The second kappa shape index (κ2) is 23.6. The Hall–Kier alpha value is -1.72. The Bertz CT molecular complexity index is 926. The Kier molecular flexibility index (Phi) is 21.6. The molecule has 3 unspecified atom stereocenters. The van der Waals surface area contributed by atoms with E-state index in [0.29, 0.717) is 17.6 Å². The number of carboxylic acids is 1. The van der Waals surface area contributed by atoms with Crippen LogP contribution in [-0.4, -0.2) is 50.8 Å². The zero-order chi connectivity index (χ0) is 31.9. The van der Waals surface area contributed by atoms with Crippen LogP contribution in [-0.2, 0) is 18.6 Å². The predicted octanol–water partition coefficient (Wildman–Crippen LogP) is 7.74. The Morgan fingerprint density at radius 1 is 1.00 bits per heavy atom. The summed E-state index contributed by atoms with van der Waals surface area (Å²) in [5, 5.41) is 8.39. The van der Waals surface area contributed by atoms with Gasteiger partial charge in [-0.15, -0.1) is 0 Å². The Balaban J connectivity index is 0.000000599. The molecule has 1 aliphatic heterocycles. The van der Waals surface area contributed by atoms with Crippen LogP contribution in [0.5, 0.6) is 0 Å². The fourth-order valence-corrected chi connectivity index (χ4v) is 5.33. The lowest BCUT2D eigenvalue weighted by Gasteiger charge is -2.19. The lowest BCUT2D eigenvalue weighted by Crippen LogP contribution is -2.35. The van der Waals surface area contributed by atoms with Crippen LogP contribution in [0.3, 0.4) is 0 Å². The Morgan fingerprint density at radius 3 is 2.07 bits per heavy atom. The molecule has 0 spiro atoms. The number of nitrogen functional groups attached to an aromatic ring is 1. The van der Waals surface area contributed by atoms with E-state index in [9.17, 15) is 23.3 Å². The molecule has 0 aliphatic carbocycles. The monoisotopic (exact) mass is 637 g/mol. The average molecular weight is 638 g/mol. The number of halogens is 2. The van der Waals surface area contributed by atoms with Crippen LogP contribution < -0.4 is 11.4 Å². The average Bonchev–Trinajstić information content (AvgIpc) is 3.26. The van der Waals surface area contributed by atoms with Crippen LogP contribution in [0.1, 0.15) is 136 Å². The van der Waals surface area contributed by atoms with Gasteiger partial charge in [-0.1, -0.05) is 104 Å². The first-order valence-electron chi connectivity index (χ1n) is 15.9. The first-order valence-corrected chi connectivity index (χ1v) is 17.1. The van der Waals surface area contributed by atoms with Crippen molar-refractivity contribution >= 4 is 20.4 Å². The van der Waals surface area contributed by atoms with Gasteiger partial charge in [-0.2, -0.15) is 4.98 Å². The zero-order valence-electron chi connectivity index (χ0n) is 26.1. The summed E-state index contributed by atoms with van der Waals surface area (Å²) in [6.45, 7) is 4.50. The van der Waals surface area contributed by atoms with Crippen molar-refractivity contribution in [2.45, 2.75) is 148 Å². The standard InChI is InChI=1S/C19H32F2N3O5P.C11H22O2/c1-2-3-4-5-6-7-8-9-12-27-30(26)28-14-15-13-19(20,21)17(29-15)24-11-10-16(22)23-18(24)25;1-2-3-4-5-6-7-8-9-10-11(12)13/h10-11,15,17,26H,2-9,12-14H2,1H3,(H2,22,23,25);2-10H2,1H3,(H,12,13). The minimum atomic E-state index is -3.29. The number of ether oxygens (including phenoxy) is 1. The second-order valence-electron chi connectivity index (χ2n) is 11.1. The third-order valence-electron chi connectivity index (χ3n) is 7.10. The summed E-state index contributed by atoms with van der Waals surface area (Å²) in [4.78, 5) is 35.2.